The molecule has 3 aromatic rings. The maximum absolute atomic E-state index is 12.8. The lowest BCUT2D eigenvalue weighted by Crippen LogP contribution is -2.41. The highest BCUT2D eigenvalue weighted by molar-refractivity contribution is 7.09. The number of thiophene rings is 1. The fourth-order valence-electron chi connectivity index (χ4n) is 3.17. The topological polar surface area (TPSA) is 105 Å². The Morgan fingerprint density at radius 1 is 1.20 bits per heavy atom. The Bertz CT molecular complexity index is 1110. The van der Waals surface area contributed by atoms with E-state index < -0.39 is 0 Å². The number of nitrogens with one attached hydrogen (secondary N) is 2. The predicted molar refractivity (Wildman–Crippen MR) is 113 cm³/mol. The summed E-state index contributed by atoms with van der Waals surface area (Å²) >= 11 is 1.56. The zero-order valence-electron chi connectivity index (χ0n) is 16.2. The number of ether oxygens (including phenoxy) is 1. The Balaban J connectivity index is 1.48. The zero-order chi connectivity index (χ0) is 20.9. The second-order valence-electron chi connectivity index (χ2n) is 6.71. The average Bonchev–Trinajstić information content (AvgIpc) is 3.31. The molecule has 156 valence electrons. The second-order valence-corrected chi connectivity index (χ2v) is 7.74. The molecule has 10 heteroatoms. The molecule has 1 saturated heterocycles. The third-order valence-corrected chi connectivity index (χ3v) is 5.62. The van der Waals surface area contributed by atoms with E-state index in [-0.39, 0.29) is 35.3 Å². The molecule has 4 heterocycles. The number of morpholine rings is 1. The summed E-state index contributed by atoms with van der Waals surface area (Å²) in [6.45, 7) is 2.38. The predicted octanol–water partition coefficient (Wildman–Crippen LogP) is 0.957. The van der Waals surface area contributed by atoms with Gasteiger partial charge >= 0.3 is 0 Å². The lowest BCUT2D eigenvalue weighted by Gasteiger charge is -2.27. The van der Waals surface area contributed by atoms with E-state index in [0.29, 0.717) is 38.4 Å². The van der Waals surface area contributed by atoms with Crippen LogP contribution in [0, 0.1) is 0 Å². The minimum Gasteiger partial charge on any atom is -0.378 e. The van der Waals surface area contributed by atoms with Crippen molar-refractivity contribution in [1.82, 2.24) is 19.6 Å². The van der Waals surface area contributed by atoms with Gasteiger partial charge in [-0.1, -0.05) is 6.07 Å². The number of carbonyl (C=O) groups is 2. The van der Waals surface area contributed by atoms with E-state index in [1.54, 1.807) is 34.6 Å². The Morgan fingerprint density at radius 3 is 2.80 bits per heavy atom. The van der Waals surface area contributed by atoms with Crippen molar-refractivity contribution in [3.8, 4) is 0 Å². The van der Waals surface area contributed by atoms with Gasteiger partial charge in [-0.05, 0) is 23.6 Å². The van der Waals surface area contributed by atoms with Gasteiger partial charge in [0, 0.05) is 24.2 Å². The molecule has 0 atom stereocenters. The van der Waals surface area contributed by atoms with Crippen LogP contribution in [0.15, 0.2) is 46.8 Å². The number of amides is 2. The van der Waals surface area contributed by atoms with Crippen LogP contribution in [0.2, 0.25) is 0 Å². The van der Waals surface area contributed by atoms with Crippen molar-refractivity contribution in [3.05, 3.63) is 62.8 Å². The number of carbonyl (C=O) groups excluding carboxylic acids is 2. The summed E-state index contributed by atoms with van der Waals surface area (Å²) in [4.78, 5) is 44.8. The van der Waals surface area contributed by atoms with E-state index in [1.165, 1.54) is 10.6 Å². The molecule has 9 nitrogen and oxygen atoms in total. The van der Waals surface area contributed by atoms with Crippen molar-refractivity contribution in [1.29, 1.82) is 0 Å². The summed E-state index contributed by atoms with van der Waals surface area (Å²) in [7, 11) is 0. The first-order chi connectivity index (χ1) is 14.6. The van der Waals surface area contributed by atoms with E-state index in [2.05, 4.69) is 15.6 Å². The zero-order valence-corrected chi connectivity index (χ0v) is 17.0. The quantitative estimate of drug-likeness (QED) is 0.607. The Morgan fingerprint density at radius 2 is 2.03 bits per heavy atom. The molecule has 0 saturated carbocycles. The monoisotopic (exact) mass is 427 g/mol. The number of hydrogen-bond donors (Lipinski definition) is 2. The minimum absolute atomic E-state index is 0.0548. The van der Waals surface area contributed by atoms with Crippen LogP contribution >= 0.6 is 11.3 Å². The summed E-state index contributed by atoms with van der Waals surface area (Å²) in [6.07, 6.45) is 2.92. The van der Waals surface area contributed by atoms with E-state index in [9.17, 15) is 14.4 Å². The SMILES string of the molecule is O=C(CNc1cnc2c(C(=O)N3CCOCC3)cccn2c1=O)NCc1cccs1. The summed E-state index contributed by atoms with van der Waals surface area (Å²) in [5, 5.41) is 7.57. The average molecular weight is 427 g/mol. The van der Waals surface area contributed by atoms with Gasteiger partial charge in [-0.25, -0.2) is 4.98 Å². The fraction of sp³-hybridized carbons (Fsp3) is 0.300. The summed E-state index contributed by atoms with van der Waals surface area (Å²) < 4.78 is 6.61. The highest BCUT2D eigenvalue weighted by Crippen LogP contribution is 2.13. The molecule has 0 radical (unpaired) electrons. The largest absolute Gasteiger partial charge is 0.378 e. The van der Waals surface area contributed by atoms with Gasteiger partial charge in [0.25, 0.3) is 11.5 Å². The number of rotatable bonds is 6. The third kappa shape index (κ3) is 4.34. The van der Waals surface area contributed by atoms with Crippen molar-refractivity contribution in [2.45, 2.75) is 6.54 Å². The van der Waals surface area contributed by atoms with E-state index in [4.69, 9.17) is 4.74 Å². The number of hydrogen-bond acceptors (Lipinski definition) is 7. The first kappa shape index (κ1) is 20.0. The van der Waals surface area contributed by atoms with Crippen LogP contribution in [-0.2, 0) is 16.1 Å². The highest BCUT2D eigenvalue weighted by Gasteiger charge is 2.21. The minimum atomic E-state index is -0.373. The molecular formula is C20H21N5O4S. The van der Waals surface area contributed by atoms with Gasteiger partial charge in [0.2, 0.25) is 5.91 Å². The van der Waals surface area contributed by atoms with Crippen LogP contribution < -0.4 is 16.2 Å². The van der Waals surface area contributed by atoms with E-state index in [0.717, 1.165) is 4.88 Å². The molecule has 0 spiro atoms. The van der Waals surface area contributed by atoms with E-state index >= 15 is 0 Å². The number of anilines is 1. The molecule has 3 aromatic heterocycles. The number of nitrogens with zero attached hydrogens (tertiary/aromatic N) is 3. The third-order valence-electron chi connectivity index (χ3n) is 4.74. The molecule has 1 aliphatic heterocycles. The lowest BCUT2D eigenvalue weighted by atomic mass is 10.2. The smallest absolute Gasteiger partial charge is 0.281 e. The van der Waals surface area contributed by atoms with Gasteiger partial charge in [0.1, 0.15) is 5.69 Å². The standard InChI is InChI=1S/C20H21N5O4S/c26-17(22-11-14-3-2-10-30-14)13-21-16-12-23-18-15(4-1-5-25(18)20(16)28)19(27)24-6-8-29-9-7-24/h1-5,10,12,21H,6-9,11,13H2,(H,22,26). The molecule has 4 rings (SSSR count). The number of pyridine rings is 1. The summed E-state index contributed by atoms with van der Waals surface area (Å²) in [6, 6.07) is 7.16. The van der Waals surface area contributed by atoms with E-state index in [1.807, 2.05) is 17.5 Å². The normalized spacial score (nSPS) is 13.9. The molecule has 0 bridgehead atoms. The second kappa shape index (κ2) is 9.06. The van der Waals surface area contributed by atoms with Crippen molar-refractivity contribution in [3.63, 3.8) is 0 Å². The van der Waals surface area contributed by atoms with Crippen LogP contribution in [0.5, 0.6) is 0 Å². The van der Waals surface area contributed by atoms with Crippen molar-refractivity contribution in [2.24, 2.45) is 0 Å². The van der Waals surface area contributed by atoms with Gasteiger partial charge in [-0.3, -0.25) is 18.8 Å². The van der Waals surface area contributed by atoms with Gasteiger partial charge in [0.15, 0.2) is 5.65 Å². The Kier molecular flexibility index (Phi) is 6.05. The van der Waals surface area contributed by atoms with Crippen molar-refractivity contribution >= 4 is 34.5 Å². The molecule has 1 fully saturated rings. The van der Waals surface area contributed by atoms with Gasteiger partial charge in [0.05, 0.1) is 38.1 Å². The molecule has 2 N–H and O–H groups in total. The Hall–Kier alpha value is -3.24. The van der Waals surface area contributed by atoms with Gasteiger partial charge < -0.3 is 20.3 Å². The first-order valence-corrected chi connectivity index (χ1v) is 10.4. The van der Waals surface area contributed by atoms with Crippen LogP contribution in [0.3, 0.4) is 0 Å². The molecule has 0 unspecified atom stereocenters. The van der Waals surface area contributed by atoms with Crippen LogP contribution in [-0.4, -0.2) is 58.9 Å². The summed E-state index contributed by atoms with van der Waals surface area (Å²) in [5.74, 6) is -0.416. The summed E-state index contributed by atoms with van der Waals surface area (Å²) in [5.41, 5.74) is 0.459. The molecule has 2 amide bonds. The van der Waals surface area contributed by atoms with Crippen LogP contribution in [0.4, 0.5) is 5.69 Å². The highest BCUT2D eigenvalue weighted by atomic mass is 32.1. The molecule has 30 heavy (non-hydrogen) atoms. The first-order valence-electron chi connectivity index (χ1n) is 9.54. The Labute approximate surface area is 176 Å². The van der Waals surface area contributed by atoms with Crippen molar-refractivity contribution in [2.75, 3.05) is 38.2 Å². The molecule has 1 aliphatic rings. The number of fused-ring (bicyclic) bond motifs is 1. The van der Waals surface area contributed by atoms with Crippen molar-refractivity contribution < 1.29 is 14.3 Å². The molecule has 0 aromatic carbocycles. The molecule has 0 aliphatic carbocycles. The van der Waals surface area contributed by atoms with Crippen LogP contribution in [0.25, 0.3) is 5.65 Å². The molecular weight excluding hydrogens is 406 g/mol. The number of aromatic nitrogens is 2. The van der Waals surface area contributed by atoms with Gasteiger partial charge in [-0.2, -0.15) is 0 Å². The van der Waals surface area contributed by atoms with Gasteiger partial charge in [-0.15, -0.1) is 11.3 Å². The maximum atomic E-state index is 12.8. The lowest BCUT2D eigenvalue weighted by molar-refractivity contribution is -0.119. The maximum Gasteiger partial charge on any atom is 0.281 e. The fourth-order valence-corrected chi connectivity index (χ4v) is 3.81. The van der Waals surface area contributed by atoms with Crippen LogP contribution in [0.1, 0.15) is 15.2 Å².